The minimum Gasteiger partial charge on any atom is -0.334 e. The molecule has 0 N–H and O–H groups in total. The third-order valence-electron chi connectivity index (χ3n) is 5.90. The summed E-state index contributed by atoms with van der Waals surface area (Å²) in [5.74, 6) is -2.31. The smallest absolute Gasteiger partial charge is 0.334 e. The van der Waals surface area contributed by atoms with Gasteiger partial charge in [0.25, 0.3) is 0 Å². The zero-order chi connectivity index (χ0) is 19.3. The Morgan fingerprint density at radius 1 is 0.963 bits per heavy atom. The normalized spacial score (nSPS) is 28.4. The number of carbonyl (C=O) groups excluding carboxylic acids is 4. The lowest BCUT2D eigenvalue weighted by Crippen LogP contribution is -2.49. The van der Waals surface area contributed by atoms with Crippen molar-refractivity contribution in [1.82, 2.24) is 14.7 Å². The van der Waals surface area contributed by atoms with Gasteiger partial charge in [-0.2, -0.15) is 0 Å². The fourth-order valence-corrected chi connectivity index (χ4v) is 6.13. The van der Waals surface area contributed by atoms with Crippen molar-refractivity contribution in [3.8, 4) is 0 Å². The largest absolute Gasteiger partial charge is 0.334 e. The van der Waals surface area contributed by atoms with Gasteiger partial charge in [-0.15, -0.1) is 0 Å². The number of urea groups is 1. The Labute approximate surface area is 157 Å². The van der Waals surface area contributed by atoms with Gasteiger partial charge in [-0.25, -0.2) is 18.1 Å². The van der Waals surface area contributed by atoms with Crippen molar-refractivity contribution in [2.45, 2.75) is 63.1 Å². The van der Waals surface area contributed by atoms with Crippen LogP contribution < -0.4 is 0 Å². The maximum absolute atomic E-state index is 12.9. The molecule has 2 aliphatic carbocycles. The first-order valence-electron chi connectivity index (χ1n) is 9.49. The van der Waals surface area contributed by atoms with Crippen molar-refractivity contribution in [2.75, 3.05) is 18.1 Å². The molecular weight excluding hydrogens is 374 g/mol. The first-order valence-corrected chi connectivity index (χ1v) is 11.3. The number of nitrogens with zero attached hydrogens (tertiary/aromatic N) is 3. The SMILES string of the molecule is O=C1C(=O)N(C2CCCC2)C(=O)N1CC(=O)N(C1CC1)C1CCS(=O)(=O)C1. The van der Waals surface area contributed by atoms with Gasteiger partial charge in [-0.05, 0) is 32.1 Å². The number of carbonyl (C=O) groups is 4. The fraction of sp³-hybridized carbons (Fsp3) is 0.765. The van der Waals surface area contributed by atoms with Gasteiger partial charge >= 0.3 is 17.8 Å². The number of hydrogen-bond acceptors (Lipinski definition) is 6. The van der Waals surface area contributed by atoms with Gasteiger partial charge in [0.2, 0.25) is 5.91 Å². The van der Waals surface area contributed by atoms with Gasteiger partial charge in [0.15, 0.2) is 9.84 Å². The summed E-state index contributed by atoms with van der Waals surface area (Å²) in [7, 11) is -3.16. The Balaban J connectivity index is 1.48. The second-order valence-electron chi connectivity index (χ2n) is 7.88. The summed E-state index contributed by atoms with van der Waals surface area (Å²) in [6.45, 7) is -0.500. The molecule has 4 fully saturated rings. The first kappa shape index (κ1) is 18.4. The highest BCUT2D eigenvalue weighted by atomic mass is 32.2. The zero-order valence-corrected chi connectivity index (χ0v) is 15.8. The Bertz CT molecular complexity index is 799. The number of amides is 5. The lowest BCUT2D eigenvalue weighted by molar-refractivity contribution is -0.145. The average molecular weight is 397 g/mol. The van der Waals surface area contributed by atoms with E-state index in [2.05, 4.69) is 0 Å². The van der Waals surface area contributed by atoms with Crippen molar-refractivity contribution in [3.63, 3.8) is 0 Å². The molecule has 0 radical (unpaired) electrons. The van der Waals surface area contributed by atoms with Crippen LogP contribution in [0.2, 0.25) is 0 Å². The Kier molecular flexibility index (Phi) is 4.48. The Hall–Kier alpha value is -1.97. The van der Waals surface area contributed by atoms with Crippen molar-refractivity contribution in [2.24, 2.45) is 0 Å². The van der Waals surface area contributed by atoms with Crippen LogP contribution in [0.3, 0.4) is 0 Å². The molecule has 0 spiro atoms. The van der Waals surface area contributed by atoms with Crippen molar-refractivity contribution in [3.05, 3.63) is 0 Å². The van der Waals surface area contributed by atoms with Crippen molar-refractivity contribution in [1.29, 1.82) is 0 Å². The first-order chi connectivity index (χ1) is 12.8. The molecule has 4 rings (SSSR count). The van der Waals surface area contributed by atoms with E-state index in [0.29, 0.717) is 19.3 Å². The monoisotopic (exact) mass is 397 g/mol. The molecule has 2 aliphatic heterocycles. The maximum atomic E-state index is 12.9. The van der Waals surface area contributed by atoms with Crippen LogP contribution in [0.5, 0.6) is 0 Å². The summed E-state index contributed by atoms with van der Waals surface area (Å²) in [5, 5.41) is 0. The molecule has 10 heteroatoms. The summed E-state index contributed by atoms with van der Waals surface area (Å²) in [5.41, 5.74) is 0. The van der Waals surface area contributed by atoms with Crippen LogP contribution in [0.1, 0.15) is 44.9 Å². The Morgan fingerprint density at radius 2 is 1.63 bits per heavy atom. The van der Waals surface area contributed by atoms with Crippen LogP contribution in [0.25, 0.3) is 0 Å². The van der Waals surface area contributed by atoms with E-state index in [4.69, 9.17) is 0 Å². The standard InChI is InChI=1S/C17H23N3O6S/c21-14(19(12-5-6-12)13-7-8-27(25,26)10-13)9-18-15(22)16(23)20(17(18)24)11-3-1-2-4-11/h11-13H,1-10H2. The number of hydrogen-bond donors (Lipinski definition) is 0. The summed E-state index contributed by atoms with van der Waals surface area (Å²) in [6.07, 6.45) is 5.12. The highest BCUT2D eigenvalue weighted by Crippen LogP contribution is 2.33. The summed E-state index contributed by atoms with van der Waals surface area (Å²) in [6, 6.07) is -1.44. The quantitative estimate of drug-likeness (QED) is 0.473. The minimum atomic E-state index is -3.16. The third-order valence-corrected chi connectivity index (χ3v) is 7.65. The van der Waals surface area contributed by atoms with Gasteiger partial charge in [-0.1, -0.05) is 12.8 Å². The van der Waals surface area contributed by atoms with E-state index in [1.165, 1.54) is 4.90 Å². The average Bonchev–Trinajstić information content (AvgIpc) is 3.08. The van der Waals surface area contributed by atoms with Gasteiger partial charge < -0.3 is 4.90 Å². The van der Waals surface area contributed by atoms with Crippen molar-refractivity contribution < 1.29 is 27.6 Å². The highest BCUT2D eigenvalue weighted by molar-refractivity contribution is 7.91. The fourth-order valence-electron chi connectivity index (χ4n) is 4.42. The van der Waals surface area contributed by atoms with Gasteiger partial charge in [0, 0.05) is 18.1 Å². The second-order valence-corrected chi connectivity index (χ2v) is 10.1. The molecule has 2 saturated carbocycles. The van der Waals surface area contributed by atoms with Crippen LogP contribution in [-0.4, -0.2) is 83.0 Å². The predicted molar refractivity (Wildman–Crippen MR) is 93.1 cm³/mol. The van der Waals surface area contributed by atoms with Gasteiger partial charge in [0.05, 0.1) is 11.5 Å². The molecule has 5 amide bonds. The van der Waals surface area contributed by atoms with Gasteiger partial charge in [-0.3, -0.25) is 19.3 Å². The van der Waals surface area contributed by atoms with Crippen LogP contribution in [-0.2, 0) is 24.2 Å². The molecule has 0 aromatic heterocycles. The maximum Gasteiger partial charge on any atom is 0.334 e. The molecule has 1 atom stereocenters. The molecule has 148 valence electrons. The number of imide groups is 2. The van der Waals surface area contributed by atoms with E-state index in [1.54, 1.807) is 0 Å². The van der Waals surface area contributed by atoms with Crippen LogP contribution >= 0.6 is 0 Å². The van der Waals surface area contributed by atoms with E-state index in [1.807, 2.05) is 0 Å². The minimum absolute atomic E-state index is 0.0368. The molecule has 2 heterocycles. The zero-order valence-electron chi connectivity index (χ0n) is 15.0. The van der Waals surface area contributed by atoms with E-state index in [9.17, 15) is 27.6 Å². The number of sulfone groups is 1. The molecule has 0 aromatic carbocycles. The third kappa shape index (κ3) is 3.35. The van der Waals surface area contributed by atoms with Gasteiger partial charge in [0.1, 0.15) is 6.54 Å². The van der Waals surface area contributed by atoms with Crippen LogP contribution in [0.15, 0.2) is 0 Å². The Morgan fingerprint density at radius 3 is 2.19 bits per heavy atom. The lowest BCUT2D eigenvalue weighted by atomic mass is 10.2. The van der Waals surface area contributed by atoms with E-state index in [0.717, 1.165) is 35.5 Å². The van der Waals surface area contributed by atoms with Crippen molar-refractivity contribution >= 4 is 33.6 Å². The topological polar surface area (TPSA) is 112 Å². The molecule has 1 unspecified atom stereocenters. The van der Waals surface area contributed by atoms with Crippen LogP contribution in [0, 0.1) is 0 Å². The van der Waals surface area contributed by atoms with Crippen LogP contribution in [0.4, 0.5) is 4.79 Å². The lowest BCUT2D eigenvalue weighted by Gasteiger charge is -2.29. The second kappa shape index (κ2) is 6.57. The molecule has 27 heavy (non-hydrogen) atoms. The predicted octanol–water partition coefficient (Wildman–Crippen LogP) is -0.102. The van der Waals surface area contributed by atoms with E-state index < -0.39 is 46.2 Å². The summed E-state index contributed by atoms with van der Waals surface area (Å²) in [4.78, 5) is 53.3. The molecule has 0 aromatic rings. The molecule has 4 aliphatic rings. The molecule has 0 bridgehead atoms. The van der Waals surface area contributed by atoms with E-state index in [-0.39, 0.29) is 23.6 Å². The summed E-state index contributed by atoms with van der Waals surface area (Å²) >= 11 is 0. The van der Waals surface area contributed by atoms with E-state index >= 15 is 0 Å². The number of rotatable bonds is 5. The highest BCUT2D eigenvalue weighted by Gasteiger charge is 2.50. The molecule has 9 nitrogen and oxygen atoms in total. The molecule has 2 saturated heterocycles. The molecular formula is C17H23N3O6S. The summed E-state index contributed by atoms with van der Waals surface area (Å²) < 4.78 is 23.6.